The maximum atomic E-state index is 12.4. The third-order valence-electron chi connectivity index (χ3n) is 4.60. The number of carbonyl (C=O) groups is 2. The van der Waals surface area contributed by atoms with Gasteiger partial charge in [-0.25, -0.2) is 9.78 Å². The first-order valence-electron chi connectivity index (χ1n) is 9.03. The minimum Gasteiger partial charge on any atom is -0.348 e. The van der Waals surface area contributed by atoms with E-state index in [1.54, 1.807) is 36.2 Å². The van der Waals surface area contributed by atoms with E-state index in [1.165, 1.54) is 12.3 Å². The fourth-order valence-electron chi connectivity index (χ4n) is 2.66. The van der Waals surface area contributed by atoms with E-state index in [1.807, 2.05) is 13.8 Å². The summed E-state index contributed by atoms with van der Waals surface area (Å²) in [6.07, 6.45) is 1.29. The maximum absolute atomic E-state index is 12.4. The van der Waals surface area contributed by atoms with Crippen LogP contribution in [-0.2, 0) is 6.54 Å². The molecule has 3 N–H and O–H groups in total. The number of pyridine rings is 1. The summed E-state index contributed by atoms with van der Waals surface area (Å²) in [5, 5.41) is 2.86. The monoisotopic (exact) mass is 395 g/mol. The molecule has 0 aliphatic carbocycles. The quantitative estimate of drug-likeness (QED) is 0.594. The lowest BCUT2D eigenvalue weighted by Gasteiger charge is -2.21. The first-order chi connectivity index (χ1) is 13.8. The molecule has 0 unspecified atom stereocenters. The Morgan fingerprint density at radius 3 is 2.45 bits per heavy atom. The standard InChI is InChI=1S/C20H21N5O4/c1-11(2)25(3)19(28)13-6-4-12(5-7-13)9-22-17(26)14-8-15-16(21-10-14)23-20(29)24-18(15)27/h4-8,10-11H,9H2,1-3H3,(H,22,26)(H2,21,23,24,27,29). The number of amides is 2. The van der Waals surface area contributed by atoms with Gasteiger partial charge in [0.2, 0.25) is 0 Å². The van der Waals surface area contributed by atoms with Crippen LogP contribution in [0.4, 0.5) is 0 Å². The lowest BCUT2D eigenvalue weighted by atomic mass is 10.1. The highest BCUT2D eigenvalue weighted by Crippen LogP contribution is 2.10. The van der Waals surface area contributed by atoms with E-state index < -0.39 is 17.2 Å². The number of hydrogen-bond acceptors (Lipinski definition) is 5. The summed E-state index contributed by atoms with van der Waals surface area (Å²) in [4.78, 5) is 57.9. The number of benzene rings is 1. The minimum absolute atomic E-state index is 0.0684. The van der Waals surface area contributed by atoms with Crippen molar-refractivity contribution in [2.45, 2.75) is 26.4 Å². The third kappa shape index (κ3) is 4.40. The molecule has 0 saturated heterocycles. The summed E-state index contributed by atoms with van der Waals surface area (Å²) in [6, 6.07) is 8.45. The number of hydrogen-bond donors (Lipinski definition) is 3. The molecule has 1 aromatic carbocycles. The van der Waals surface area contributed by atoms with Crippen LogP contribution in [0.2, 0.25) is 0 Å². The van der Waals surface area contributed by atoms with Crippen molar-refractivity contribution in [1.82, 2.24) is 25.2 Å². The van der Waals surface area contributed by atoms with Crippen LogP contribution in [0.25, 0.3) is 11.0 Å². The van der Waals surface area contributed by atoms with Gasteiger partial charge in [-0.3, -0.25) is 24.4 Å². The van der Waals surface area contributed by atoms with E-state index in [-0.39, 0.29) is 35.1 Å². The van der Waals surface area contributed by atoms with E-state index >= 15 is 0 Å². The van der Waals surface area contributed by atoms with E-state index in [0.29, 0.717) is 5.56 Å². The van der Waals surface area contributed by atoms with Gasteiger partial charge in [0.25, 0.3) is 17.4 Å². The number of carbonyl (C=O) groups excluding carboxylic acids is 2. The van der Waals surface area contributed by atoms with Gasteiger partial charge in [0, 0.05) is 31.4 Å². The molecular weight excluding hydrogens is 374 g/mol. The van der Waals surface area contributed by atoms with Crippen molar-refractivity contribution in [1.29, 1.82) is 0 Å². The van der Waals surface area contributed by atoms with Gasteiger partial charge in [0.05, 0.1) is 10.9 Å². The summed E-state index contributed by atoms with van der Waals surface area (Å²) in [6.45, 7) is 4.12. The Labute approximate surface area is 165 Å². The summed E-state index contributed by atoms with van der Waals surface area (Å²) in [7, 11) is 1.75. The normalized spacial score (nSPS) is 10.9. The number of H-pyrrole nitrogens is 2. The lowest BCUT2D eigenvalue weighted by molar-refractivity contribution is 0.0754. The highest BCUT2D eigenvalue weighted by atomic mass is 16.2. The topological polar surface area (TPSA) is 128 Å². The van der Waals surface area contributed by atoms with Crippen molar-refractivity contribution in [2.75, 3.05) is 7.05 Å². The van der Waals surface area contributed by atoms with Crippen molar-refractivity contribution in [2.24, 2.45) is 0 Å². The van der Waals surface area contributed by atoms with E-state index in [4.69, 9.17) is 0 Å². The van der Waals surface area contributed by atoms with Crippen LogP contribution in [-0.4, -0.2) is 44.8 Å². The van der Waals surface area contributed by atoms with Crippen LogP contribution >= 0.6 is 0 Å². The van der Waals surface area contributed by atoms with Gasteiger partial charge in [0.1, 0.15) is 5.65 Å². The Morgan fingerprint density at radius 1 is 1.10 bits per heavy atom. The van der Waals surface area contributed by atoms with Crippen molar-refractivity contribution < 1.29 is 9.59 Å². The molecule has 2 amide bonds. The van der Waals surface area contributed by atoms with Gasteiger partial charge in [0.15, 0.2) is 0 Å². The van der Waals surface area contributed by atoms with Crippen molar-refractivity contribution in [3.05, 3.63) is 74.1 Å². The zero-order valence-corrected chi connectivity index (χ0v) is 16.3. The number of rotatable bonds is 5. The molecule has 3 rings (SSSR count). The van der Waals surface area contributed by atoms with Gasteiger partial charge in [-0.1, -0.05) is 12.1 Å². The molecule has 0 bridgehead atoms. The van der Waals surface area contributed by atoms with Crippen molar-refractivity contribution in [3.8, 4) is 0 Å². The van der Waals surface area contributed by atoms with Gasteiger partial charge in [-0.2, -0.15) is 0 Å². The zero-order valence-electron chi connectivity index (χ0n) is 16.3. The second-order valence-corrected chi connectivity index (χ2v) is 6.92. The third-order valence-corrected chi connectivity index (χ3v) is 4.60. The highest BCUT2D eigenvalue weighted by molar-refractivity contribution is 5.96. The van der Waals surface area contributed by atoms with E-state index in [2.05, 4.69) is 20.3 Å². The predicted octanol–water partition coefficient (Wildman–Crippen LogP) is 1.02. The fourth-order valence-corrected chi connectivity index (χ4v) is 2.66. The van der Waals surface area contributed by atoms with Gasteiger partial charge < -0.3 is 10.2 Å². The average Bonchev–Trinajstić information content (AvgIpc) is 2.70. The number of fused-ring (bicyclic) bond motifs is 1. The predicted molar refractivity (Wildman–Crippen MR) is 108 cm³/mol. The van der Waals surface area contributed by atoms with Gasteiger partial charge in [-0.15, -0.1) is 0 Å². The minimum atomic E-state index is -0.659. The van der Waals surface area contributed by atoms with Gasteiger partial charge in [-0.05, 0) is 37.6 Å². The molecule has 2 heterocycles. The molecule has 2 aromatic heterocycles. The molecule has 9 nitrogen and oxygen atoms in total. The molecule has 0 aliphatic heterocycles. The number of aromatic amines is 2. The second-order valence-electron chi connectivity index (χ2n) is 6.92. The Hall–Kier alpha value is -3.75. The molecule has 3 aromatic rings. The van der Waals surface area contributed by atoms with Crippen LogP contribution in [0.5, 0.6) is 0 Å². The molecule has 0 fully saturated rings. The smallest absolute Gasteiger partial charge is 0.327 e. The molecule has 0 atom stereocenters. The summed E-state index contributed by atoms with van der Waals surface area (Å²) in [5.74, 6) is -0.481. The Morgan fingerprint density at radius 2 is 1.79 bits per heavy atom. The van der Waals surface area contributed by atoms with Crippen LogP contribution < -0.4 is 16.6 Å². The summed E-state index contributed by atoms with van der Waals surface area (Å²) in [5.41, 5.74) is 0.426. The molecule has 150 valence electrons. The lowest BCUT2D eigenvalue weighted by Crippen LogP contribution is -2.32. The first-order valence-corrected chi connectivity index (χ1v) is 9.03. The molecule has 9 heteroatoms. The SMILES string of the molecule is CC(C)N(C)C(=O)c1ccc(CNC(=O)c2cnc3[nH]c(=O)[nH]c(=O)c3c2)cc1. The molecular formula is C20H21N5O4. The van der Waals surface area contributed by atoms with Crippen LogP contribution in [0.15, 0.2) is 46.1 Å². The van der Waals surface area contributed by atoms with Crippen molar-refractivity contribution >= 4 is 22.8 Å². The molecule has 29 heavy (non-hydrogen) atoms. The highest BCUT2D eigenvalue weighted by Gasteiger charge is 2.14. The van der Waals surface area contributed by atoms with E-state index in [0.717, 1.165) is 5.56 Å². The van der Waals surface area contributed by atoms with Crippen LogP contribution in [0, 0.1) is 0 Å². The van der Waals surface area contributed by atoms with Gasteiger partial charge >= 0.3 is 5.69 Å². The van der Waals surface area contributed by atoms with Crippen molar-refractivity contribution in [3.63, 3.8) is 0 Å². The Kier molecular flexibility index (Phi) is 5.58. The second kappa shape index (κ2) is 8.09. The largest absolute Gasteiger partial charge is 0.348 e. The Bertz CT molecular complexity index is 1180. The maximum Gasteiger partial charge on any atom is 0.327 e. The number of nitrogens with zero attached hydrogens (tertiary/aromatic N) is 2. The summed E-state index contributed by atoms with van der Waals surface area (Å²) >= 11 is 0. The fraction of sp³-hybridized carbons (Fsp3) is 0.250. The summed E-state index contributed by atoms with van der Waals surface area (Å²) < 4.78 is 0. The van der Waals surface area contributed by atoms with E-state index in [9.17, 15) is 19.2 Å². The van der Waals surface area contributed by atoms with Crippen LogP contribution in [0.1, 0.15) is 40.1 Å². The van der Waals surface area contributed by atoms with Crippen LogP contribution in [0.3, 0.4) is 0 Å². The molecule has 0 radical (unpaired) electrons. The molecule has 0 saturated carbocycles. The first kappa shape index (κ1) is 20.0. The number of nitrogens with one attached hydrogen (secondary N) is 3. The molecule has 0 aliphatic rings. The average molecular weight is 395 g/mol. The Balaban J connectivity index is 1.69. The number of aromatic nitrogens is 3. The zero-order chi connectivity index (χ0) is 21.1. The molecule has 0 spiro atoms.